The highest BCUT2D eigenvalue weighted by Gasteiger charge is 2.08. The average Bonchev–Trinajstić information content (AvgIpc) is 2.71. The lowest BCUT2D eigenvalue weighted by Crippen LogP contribution is -1.83. The smallest absolute Gasteiger partial charge is 0.169 e. The molecule has 1 aromatic carbocycles. The minimum Gasteiger partial charge on any atom is -0.294 e. The standard InChI is InChI=1S/C12H8BrFOS/c1-7(15)11-4-5-12(16-11)8-2-3-9(13)10(14)6-8/h2-6H,1H3. The van der Waals surface area contributed by atoms with Crippen LogP contribution in [-0.4, -0.2) is 5.78 Å². The lowest BCUT2D eigenvalue weighted by Gasteiger charge is -1.99. The van der Waals surface area contributed by atoms with Gasteiger partial charge in [-0.3, -0.25) is 4.79 Å². The summed E-state index contributed by atoms with van der Waals surface area (Å²) in [6.45, 7) is 1.53. The molecule has 4 heteroatoms. The van der Waals surface area contributed by atoms with E-state index in [4.69, 9.17) is 0 Å². The van der Waals surface area contributed by atoms with Crippen molar-refractivity contribution in [3.05, 3.63) is 45.5 Å². The third-order valence-corrected chi connectivity index (χ3v) is 4.04. The third-order valence-electron chi connectivity index (χ3n) is 2.16. The van der Waals surface area contributed by atoms with Gasteiger partial charge in [-0.1, -0.05) is 6.07 Å². The van der Waals surface area contributed by atoms with Crippen LogP contribution >= 0.6 is 27.3 Å². The molecule has 0 bridgehead atoms. The van der Waals surface area contributed by atoms with Crippen LogP contribution in [0.5, 0.6) is 0 Å². The minimum absolute atomic E-state index is 0.0360. The molecule has 0 radical (unpaired) electrons. The van der Waals surface area contributed by atoms with Crippen LogP contribution in [0.2, 0.25) is 0 Å². The molecule has 0 aliphatic carbocycles. The molecule has 0 N–H and O–H groups in total. The van der Waals surface area contributed by atoms with E-state index in [1.54, 1.807) is 12.1 Å². The van der Waals surface area contributed by atoms with Crippen LogP contribution < -0.4 is 0 Å². The van der Waals surface area contributed by atoms with Crippen LogP contribution in [-0.2, 0) is 0 Å². The molecule has 0 aliphatic heterocycles. The maximum absolute atomic E-state index is 13.3. The molecular weight excluding hydrogens is 291 g/mol. The fraction of sp³-hybridized carbons (Fsp3) is 0.0833. The van der Waals surface area contributed by atoms with Gasteiger partial charge in [0.15, 0.2) is 5.78 Å². The van der Waals surface area contributed by atoms with E-state index in [1.807, 2.05) is 12.1 Å². The summed E-state index contributed by atoms with van der Waals surface area (Å²) in [5.74, 6) is -0.260. The molecule has 0 atom stereocenters. The molecule has 0 unspecified atom stereocenters. The van der Waals surface area contributed by atoms with Gasteiger partial charge in [0.05, 0.1) is 9.35 Å². The molecule has 0 spiro atoms. The van der Waals surface area contributed by atoms with Crippen molar-refractivity contribution in [1.82, 2.24) is 0 Å². The Morgan fingerprint density at radius 2 is 2.06 bits per heavy atom. The number of hydrogen-bond acceptors (Lipinski definition) is 2. The summed E-state index contributed by atoms with van der Waals surface area (Å²) in [6, 6.07) is 8.55. The first-order valence-electron chi connectivity index (χ1n) is 4.64. The van der Waals surface area contributed by atoms with E-state index >= 15 is 0 Å². The number of rotatable bonds is 2. The van der Waals surface area contributed by atoms with Crippen LogP contribution in [0.4, 0.5) is 4.39 Å². The Morgan fingerprint density at radius 3 is 2.62 bits per heavy atom. The van der Waals surface area contributed by atoms with Gasteiger partial charge in [-0.15, -0.1) is 11.3 Å². The maximum atomic E-state index is 13.3. The van der Waals surface area contributed by atoms with Gasteiger partial charge in [-0.2, -0.15) is 0 Å². The molecule has 2 aromatic rings. The summed E-state index contributed by atoms with van der Waals surface area (Å²) < 4.78 is 13.8. The van der Waals surface area contributed by atoms with Gasteiger partial charge < -0.3 is 0 Å². The van der Waals surface area contributed by atoms with E-state index < -0.39 is 0 Å². The minimum atomic E-state index is -0.296. The topological polar surface area (TPSA) is 17.1 Å². The highest BCUT2D eigenvalue weighted by Crippen LogP contribution is 2.30. The molecule has 0 aliphatic rings. The van der Waals surface area contributed by atoms with Crippen molar-refractivity contribution >= 4 is 33.0 Å². The Bertz CT molecular complexity index is 548. The van der Waals surface area contributed by atoms with E-state index in [2.05, 4.69) is 15.9 Å². The van der Waals surface area contributed by atoms with Crippen molar-refractivity contribution in [1.29, 1.82) is 0 Å². The van der Waals surface area contributed by atoms with Gasteiger partial charge in [0.25, 0.3) is 0 Å². The Kier molecular flexibility index (Phi) is 3.21. The van der Waals surface area contributed by atoms with Gasteiger partial charge >= 0.3 is 0 Å². The molecule has 2 rings (SSSR count). The summed E-state index contributed by atoms with van der Waals surface area (Å²) in [6.07, 6.45) is 0. The lowest BCUT2D eigenvalue weighted by molar-refractivity contribution is 0.102. The van der Waals surface area contributed by atoms with Gasteiger partial charge in [-0.25, -0.2) is 4.39 Å². The molecule has 0 saturated heterocycles. The van der Waals surface area contributed by atoms with Gasteiger partial charge in [0, 0.05) is 4.88 Å². The van der Waals surface area contributed by atoms with E-state index in [-0.39, 0.29) is 11.6 Å². The first kappa shape index (κ1) is 11.5. The SMILES string of the molecule is CC(=O)c1ccc(-c2ccc(Br)c(F)c2)s1. The van der Waals surface area contributed by atoms with Crippen LogP contribution in [0.3, 0.4) is 0 Å². The molecule has 0 amide bonds. The lowest BCUT2D eigenvalue weighted by atomic mass is 10.2. The van der Waals surface area contributed by atoms with Gasteiger partial charge in [-0.05, 0) is 52.7 Å². The molecule has 0 saturated carbocycles. The first-order chi connectivity index (χ1) is 7.58. The summed E-state index contributed by atoms with van der Waals surface area (Å²) in [5, 5.41) is 0. The largest absolute Gasteiger partial charge is 0.294 e. The number of halogens is 2. The van der Waals surface area contributed by atoms with Crippen LogP contribution in [0, 0.1) is 5.82 Å². The van der Waals surface area contributed by atoms with Crippen molar-refractivity contribution in [3.63, 3.8) is 0 Å². The zero-order valence-electron chi connectivity index (χ0n) is 8.46. The highest BCUT2D eigenvalue weighted by molar-refractivity contribution is 9.10. The normalized spacial score (nSPS) is 10.4. The summed E-state index contributed by atoms with van der Waals surface area (Å²) in [7, 11) is 0. The maximum Gasteiger partial charge on any atom is 0.169 e. The average molecular weight is 299 g/mol. The van der Waals surface area contributed by atoms with Crippen molar-refractivity contribution in [3.8, 4) is 10.4 Å². The fourth-order valence-corrected chi connectivity index (χ4v) is 2.48. The Labute approximate surface area is 105 Å². The molecule has 0 fully saturated rings. The molecule has 1 heterocycles. The summed E-state index contributed by atoms with van der Waals surface area (Å²) >= 11 is 4.48. The zero-order valence-corrected chi connectivity index (χ0v) is 10.9. The predicted molar refractivity (Wildman–Crippen MR) is 67.4 cm³/mol. The second-order valence-electron chi connectivity index (χ2n) is 3.35. The number of Topliss-reactive ketones (excluding diaryl/α,β-unsaturated/α-hetero) is 1. The number of hydrogen-bond donors (Lipinski definition) is 0. The number of ketones is 1. The number of benzene rings is 1. The molecule has 1 aromatic heterocycles. The molecule has 82 valence electrons. The van der Waals surface area contributed by atoms with Crippen molar-refractivity contribution in [2.24, 2.45) is 0 Å². The zero-order chi connectivity index (χ0) is 11.7. The second kappa shape index (κ2) is 4.47. The van der Waals surface area contributed by atoms with Crippen LogP contribution in [0.1, 0.15) is 16.6 Å². The molecule has 16 heavy (non-hydrogen) atoms. The Hall–Kier alpha value is -1.00. The Morgan fingerprint density at radius 1 is 1.31 bits per heavy atom. The summed E-state index contributed by atoms with van der Waals surface area (Å²) in [5.41, 5.74) is 0.790. The first-order valence-corrected chi connectivity index (χ1v) is 6.25. The van der Waals surface area contributed by atoms with Crippen LogP contribution in [0.25, 0.3) is 10.4 Å². The summed E-state index contributed by atoms with van der Waals surface area (Å²) in [4.78, 5) is 12.7. The Balaban J connectivity index is 2.42. The molecular formula is C12H8BrFOS. The number of carbonyl (C=O) groups is 1. The second-order valence-corrected chi connectivity index (χ2v) is 5.29. The molecule has 1 nitrogen and oxygen atoms in total. The van der Waals surface area contributed by atoms with Crippen molar-refractivity contribution in [2.45, 2.75) is 6.92 Å². The van der Waals surface area contributed by atoms with E-state index in [0.717, 1.165) is 10.4 Å². The van der Waals surface area contributed by atoms with Gasteiger partial charge in [0.1, 0.15) is 5.82 Å². The van der Waals surface area contributed by atoms with Crippen LogP contribution in [0.15, 0.2) is 34.8 Å². The van der Waals surface area contributed by atoms with E-state index in [9.17, 15) is 9.18 Å². The highest BCUT2D eigenvalue weighted by atomic mass is 79.9. The van der Waals surface area contributed by atoms with Gasteiger partial charge in [0.2, 0.25) is 0 Å². The number of carbonyl (C=O) groups excluding carboxylic acids is 1. The third kappa shape index (κ3) is 2.23. The van der Waals surface area contributed by atoms with E-state index in [1.165, 1.54) is 24.3 Å². The monoisotopic (exact) mass is 298 g/mol. The van der Waals surface area contributed by atoms with Crippen molar-refractivity contribution in [2.75, 3.05) is 0 Å². The fourth-order valence-electron chi connectivity index (χ4n) is 1.33. The van der Waals surface area contributed by atoms with Crippen molar-refractivity contribution < 1.29 is 9.18 Å². The predicted octanol–water partition coefficient (Wildman–Crippen LogP) is 4.52. The van der Waals surface area contributed by atoms with E-state index in [0.29, 0.717) is 9.35 Å². The number of thiophene rings is 1. The quantitative estimate of drug-likeness (QED) is 0.745.